The third-order valence-electron chi connectivity index (χ3n) is 8.38. The highest BCUT2D eigenvalue weighted by molar-refractivity contribution is 6.03. The van der Waals surface area contributed by atoms with E-state index >= 15 is 0 Å². The van der Waals surface area contributed by atoms with E-state index in [4.69, 9.17) is 10.7 Å². The monoisotopic (exact) mass is 496 g/mol. The molecule has 2 saturated heterocycles. The minimum atomic E-state index is -0.514. The lowest BCUT2D eigenvalue weighted by Gasteiger charge is -2.44. The molecule has 0 aromatic heterocycles. The van der Waals surface area contributed by atoms with Crippen LogP contribution >= 0.6 is 0 Å². The first kappa shape index (κ1) is 23.8. The molecule has 37 heavy (non-hydrogen) atoms. The highest BCUT2D eigenvalue weighted by Crippen LogP contribution is 2.36. The maximum Gasteiger partial charge on any atom is 0.247 e. The number of rotatable bonds is 3. The van der Waals surface area contributed by atoms with E-state index in [1.54, 1.807) is 0 Å². The van der Waals surface area contributed by atoms with Crippen molar-refractivity contribution in [3.63, 3.8) is 0 Å². The summed E-state index contributed by atoms with van der Waals surface area (Å²) in [5, 5.41) is 9.21. The summed E-state index contributed by atoms with van der Waals surface area (Å²) in [6.45, 7) is 2.08. The first-order valence-electron chi connectivity index (χ1n) is 13.6. The Hall–Kier alpha value is -3.58. The van der Waals surface area contributed by atoms with E-state index in [1.807, 2.05) is 18.2 Å². The lowest BCUT2D eigenvalue weighted by atomic mass is 9.85. The summed E-state index contributed by atoms with van der Waals surface area (Å²) < 4.78 is 0. The van der Waals surface area contributed by atoms with Crippen LogP contribution in [0.25, 0.3) is 10.8 Å². The molecule has 0 bridgehead atoms. The molecule has 3 aliphatic rings. The normalized spacial score (nSPS) is 23.9. The van der Waals surface area contributed by atoms with Crippen LogP contribution in [0, 0.1) is 0 Å². The molecule has 6 rings (SSSR count). The number of nitrogens with one attached hydrogen (secondary N) is 2. The standard InChI is InChI=1S/C30H36N6O/c31-23-13-15-24(16-14-23)33-29(34-27-12-6-8-22-7-4-5-11-26(22)27)35-19-17-30(18-20-35)28(37)32-21-36(30)25-9-2-1-3-10-25/h1-12,23-24H,13-21,31H2,(H,32,37)(H,33,34). The van der Waals surface area contributed by atoms with Gasteiger partial charge in [0, 0.05) is 35.9 Å². The fraction of sp³-hybridized carbons (Fsp3) is 0.400. The number of para-hydroxylation sites is 1. The number of guanidine groups is 1. The second kappa shape index (κ2) is 10.1. The Morgan fingerprint density at radius 2 is 1.62 bits per heavy atom. The van der Waals surface area contributed by atoms with Crippen molar-refractivity contribution >= 4 is 34.0 Å². The highest BCUT2D eigenvalue weighted by atomic mass is 16.2. The zero-order chi connectivity index (χ0) is 25.2. The van der Waals surface area contributed by atoms with Crippen LogP contribution in [0.3, 0.4) is 0 Å². The smallest absolute Gasteiger partial charge is 0.247 e. The van der Waals surface area contributed by atoms with Crippen molar-refractivity contribution in [1.29, 1.82) is 0 Å². The van der Waals surface area contributed by atoms with Gasteiger partial charge in [-0.2, -0.15) is 0 Å². The second-order valence-electron chi connectivity index (χ2n) is 10.6. The lowest BCUT2D eigenvalue weighted by molar-refractivity contribution is -0.124. The number of piperidine rings is 1. The molecule has 0 atom stereocenters. The van der Waals surface area contributed by atoms with Gasteiger partial charge in [-0.25, -0.2) is 4.99 Å². The minimum Gasteiger partial charge on any atom is -0.342 e. The van der Waals surface area contributed by atoms with Gasteiger partial charge in [0.05, 0.1) is 12.7 Å². The molecule has 0 radical (unpaired) electrons. The molecule has 0 unspecified atom stereocenters. The number of aliphatic imine (C=N–C) groups is 1. The molecule has 1 spiro atoms. The van der Waals surface area contributed by atoms with Crippen LogP contribution in [0.2, 0.25) is 0 Å². The van der Waals surface area contributed by atoms with Gasteiger partial charge in [0.1, 0.15) is 5.54 Å². The van der Waals surface area contributed by atoms with Crippen LogP contribution in [0.1, 0.15) is 38.5 Å². The number of fused-ring (bicyclic) bond motifs is 1. The third kappa shape index (κ3) is 4.64. The van der Waals surface area contributed by atoms with Gasteiger partial charge in [0.2, 0.25) is 5.91 Å². The Labute approximate surface area is 218 Å². The number of nitrogens with zero attached hydrogens (tertiary/aromatic N) is 3. The van der Waals surface area contributed by atoms with E-state index in [1.165, 1.54) is 10.8 Å². The molecule has 1 amide bonds. The molecule has 4 N–H and O–H groups in total. The maximum absolute atomic E-state index is 13.2. The van der Waals surface area contributed by atoms with Gasteiger partial charge in [0.25, 0.3) is 0 Å². The molecule has 1 aliphatic carbocycles. The van der Waals surface area contributed by atoms with Crippen molar-refractivity contribution in [2.75, 3.05) is 30.0 Å². The first-order valence-corrected chi connectivity index (χ1v) is 13.6. The summed E-state index contributed by atoms with van der Waals surface area (Å²) in [6.07, 6.45) is 5.57. The van der Waals surface area contributed by atoms with Crippen molar-refractivity contribution in [3.8, 4) is 0 Å². The molecule has 3 fully saturated rings. The first-order chi connectivity index (χ1) is 18.1. The number of amides is 1. The summed E-state index contributed by atoms with van der Waals surface area (Å²) in [6, 6.07) is 25.6. The van der Waals surface area contributed by atoms with E-state index in [0.717, 1.165) is 68.9 Å². The Balaban J connectivity index is 1.27. The number of benzene rings is 3. The van der Waals surface area contributed by atoms with Crippen LogP contribution in [-0.4, -0.2) is 54.1 Å². The van der Waals surface area contributed by atoms with Crippen molar-refractivity contribution in [3.05, 3.63) is 72.8 Å². The summed E-state index contributed by atoms with van der Waals surface area (Å²) >= 11 is 0. The molecule has 2 heterocycles. The minimum absolute atomic E-state index is 0.137. The van der Waals surface area contributed by atoms with E-state index in [0.29, 0.717) is 12.7 Å². The number of carbonyl (C=O) groups is 1. The molecule has 192 valence electrons. The second-order valence-corrected chi connectivity index (χ2v) is 10.6. The Bertz CT molecular complexity index is 1270. The van der Waals surface area contributed by atoms with Gasteiger partial charge in [-0.3, -0.25) is 4.79 Å². The van der Waals surface area contributed by atoms with E-state index < -0.39 is 5.54 Å². The van der Waals surface area contributed by atoms with Crippen LogP contribution in [0.5, 0.6) is 0 Å². The lowest BCUT2D eigenvalue weighted by Crippen LogP contribution is -2.58. The quantitative estimate of drug-likeness (QED) is 0.372. The van der Waals surface area contributed by atoms with Gasteiger partial charge in [0.15, 0.2) is 5.96 Å². The number of hydrogen-bond donors (Lipinski definition) is 3. The zero-order valence-electron chi connectivity index (χ0n) is 21.3. The fourth-order valence-corrected chi connectivity index (χ4v) is 6.17. The van der Waals surface area contributed by atoms with Crippen molar-refractivity contribution in [2.24, 2.45) is 10.7 Å². The average Bonchev–Trinajstić information content (AvgIpc) is 3.25. The van der Waals surface area contributed by atoms with E-state index in [-0.39, 0.29) is 11.9 Å². The largest absolute Gasteiger partial charge is 0.342 e. The van der Waals surface area contributed by atoms with Gasteiger partial charge < -0.3 is 26.2 Å². The summed E-state index contributed by atoms with van der Waals surface area (Å²) in [7, 11) is 0. The number of anilines is 2. The number of carbonyl (C=O) groups excluding carboxylic acids is 1. The number of nitrogens with two attached hydrogens (primary N) is 1. The van der Waals surface area contributed by atoms with Gasteiger partial charge in [-0.05, 0) is 62.1 Å². The number of likely N-dealkylation sites (tertiary alicyclic amines) is 1. The van der Waals surface area contributed by atoms with Crippen molar-refractivity contribution < 1.29 is 4.79 Å². The van der Waals surface area contributed by atoms with E-state index in [9.17, 15) is 4.79 Å². The topological polar surface area (TPSA) is 86.0 Å². The molecular weight excluding hydrogens is 460 g/mol. The summed E-state index contributed by atoms with van der Waals surface area (Å²) in [5.74, 6) is 1.05. The fourth-order valence-electron chi connectivity index (χ4n) is 6.17. The van der Waals surface area contributed by atoms with Crippen LogP contribution in [0.4, 0.5) is 11.4 Å². The molecule has 1 saturated carbocycles. The maximum atomic E-state index is 13.2. The van der Waals surface area contributed by atoms with Gasteiger partial charge in [-0.15, -0.1) is 0 Å². The summed E-state index contributed by atoms with van der Waals surface area (Å²) in [4.78, 5) is 23.0. The SMILES string of the molecule is NC1CCC(N=C(Nc2cccc3ccccc23)N2CCC3(CC2)C(=O)NCN3c2ccccc2)CC1. The predicted octanol–water partition coefficient (Wildman–Crippen LogP) is 4.31. The molecule has 3 aromatic rings. The van der Waals surface area contributed by atoms with Crippen LogP contribution in [0.15, 0.2) is 77.8 Å². The van der Waals surface area contributed by atoms with Gasteiger partial charge >= 0.3 is 0 Å². The molecule has 7 heteroatoms. The zero-order valence-corrected chi connectivity index (χ0v) is 21.3. The van der Waals surface area contributed by atoms with Crippen molar-refractivity contribution in [1.82, 2.24) is 10.2 Å². The Morgan fingerprint density at radius 3 is 2.41 bits per heavy atom. The average molecular weight is 497 g/mol. The highest BCUT2D eigenvalue weighted by Gasteiger charge is 2.50. The summed E-state index contributed by atoms with van der Waals surface area (Å²) in [5.41, 5.74) is 7.82. The molecular formula is C30H36N6O. The third-order valence-corrected chi connectivity index (χ3v) is 8.38. The molecule has 7 nitrogen and oxygen atoms in total. The Kier molecular flexibility index (Phi) is 6.47. The van der Waals surface area contributed by atoms with Crippen LogP contribution < -0.4 is 21.3 Å². The molecule has 2 aliphatic heterocycles. The van der Waals surface area contributed by atoms with Crippen molar-refractivity contribution in [2.45, 2.75) is 56.1 Å². The van der Waals surface area contributed by atoms with E-state index in [2.05, 4.69) is 75.0 Å². The molecule has 3 aromatic carbocycles. The van der Waals surface area contributed by atoms with Crippen LogP contribution in [-0.2, 0) is 4.79 Å². The number of hydrogen-bond acceptors (Lipinski definition) is 4. The van der Waals surface area contributed by atoms with Gasteiger partial charge in [-0.1, -0.05) is 54.6 Å². The Morgan fingerprint density at radius 1 is 0.919 bits per heavy atom. The predicted molar refractivity (Wildman–Crippen MR) is 151 cm³/mol.